The van der Waals surface area contributed by atoms with Crippen LogP contribution in [0.2, 0.25) is 0 Å². The Morgan fingerprint density at radius 3 is 2.59 bits per heavy atom. The van der Waals surface area contributed by atoms with Crippen LogP contribution >= 0.6 is 0 Å². The number of aromatic hydroxyl groups is 1. The van der Waals surface area contributed by atoms with Crippen LogP contribution in [0, 0.1) is 0 Å². The maximum atomic E-state index is 11.3. The van der Waals surface area contributed by atoms with Gasteiger partial charge in [-0.25, -0.2) is 9.78 Å². The zero-order valence-corrected chi connectivity index (χ0v) is 11.9. The van der Waals surface area contributed by atoms with Gasteiger partial charge in [0.05, 0.1) is 25.5 Å². The number of benzene rings is 1. The molecule has 1 heterocycles. The summed E-state index contributed by atoms with van der Waals surface area (Å²) in [4.78, 5) is 26.1. The largest absolute Gasteiger partial charge is 0.492 e. The molecule has 0 spiro atoms. The fraction of sp³-hybridized carbons (Fsp3) is 0.214. The smallest absolute Gasteiger partial charge is 0.337 e. The fourth-order valence-corrected chi connectivity index (χ4v) is 1.86. The third-order valence-corrected chi connectivity index (χ3v) is 2.93. The summed E-state index contributed by atoms with van der Waals surface area (Å²) < 4.78 is 11.5. The van der Waals surface area contributed by atoms with Gasteiger partial charge in [0.25, 0.3) is 5.91 Å². The molecule has 0 bridgehead atoms. The van der Waals surface area contributed by atoms with E-state index in [0.717, 1.165) is 0 Å². The van der Waals surface area contributed by atoms with E-state index in [-0.39, 0.29) is 18.8 Å². The SMILES string of the molecule is COC(=O)c1ccc(OCCn2cnc(O)c2C(N)=O)cc1. The Bertz CT molecular complexity index is 678. The standard InChI is InChI=1S/C14H15N3O5/c1-21-14(20)9-2-4-10(5-3-9)22-7-6-17-8-16-13(19)11(17)12(15)18/h2-5,8,19H,6-7H2,1H3,(H2,15,18). The summed E-state index contributed by atoms with van der Waals surface area (Å²) in [5.41, 5.74) is 5.51. The van der Waals surface area contributed by atoms with Crippen molar-refractivity contribution in [3.05, 3.63) is 41.9 Å². The second kappa shape index (κ2) is 6.61. The zero-order valence-electron chi connectivity index (χ0n) is 11.9. The van der Waals surface area contributed by atoms with Crippen molar-refractivity contribution in [2.45, 2.75) is 6.54 Å². The highest BCUT2D eigenvalue weighted by molar-refractivity contribution is 5.93. The van der Waals surface area contributed by atoms with Gasteiger partial charge < -0.3 is 24.9 Å². The van der Waals surface area contributed by atoms with E-state index in [1.54, 1.807) is 24.3 Å². The summed E-state index contributed by atoms with van der Waals surface area (Å²) in [5, 5.41) is 9.41. The van der Waals surface area contributed by atoms with Crippen molar-refractivity contribution < 1.29 is 24.2 Å². The fourth-order valence-electron chi connectivity index (χ4n) is 1.86. The Labute approximate surface area is 126 Å². The lowest BCUT2D eigenvalue weighted by Gasteiger charge is -2.08. The number of aromatic nitrogens is 2. The first-order valence-corrected chi connectivity index (χ1v) is 6.38. The van der Waals surface area contributed by atoms with Crippen LogP contribution in [0.4, 0.5) is 0 Å². The maximum Gasteiger partial charge on any atom is 0.337 e. The number of carbonyl (C=O) groups excluding carboxylic acids is 2. The minimum Gasteiger partial charge on any atom is -0.492 e. The normalized spacial score (nSPS) is 10.2. The van der Waals surface area contributed by atoms with Gasteiger partial charge in [-0.15, -0.1) is 0 Å². The molecule has 0 aliphatic carbocycles. The molecule has 0 aliphatic rings. The van der Waals surface area contributed by atoms with Crippen molar-refractivity contribution in [2.24, 2.45) is 5.73 Å². The van der Waals surface area contributed by atoms with Crippen LogP contribution in [0.1, 0.15) is 20.8 Å². The summed E-state index contributed by atoms with van der Waals surface area (Å²) >= 11 is 0. The van der Waals surface area contributed by atoms with Gasteiger partial charge in [-0.2, -0.15) is 0 Å². The van der Waals surface area contributed by atoms with Crippen LogP contribution in [0.15, 0.2) is 30.6 Å². The Morgan fingerprint density at radius 1 is 1.32 bits per heavy atom. The number of nitrogens with zero attached hydrogens (tertiary/aromatic N) is 2. The number of rotatable bonds is 6. The third-order valence-electron chi connectivity index (χ3n) is 2.93. The number of nitrogens with two attached hydrogens (primary N) is 1. The number of hydrogen-bond donors (Lipinski definition) is 2. The lowest BCUT2D eigenvalue weighted by molar-refractivity contribution is 0.0600. The first kappa shape index (κ1) is 15.4. The summed E-state index contributed by atoms with van der Waals surface area (Å²) in [6, 6.07) is 6.43. The molecular formula is C14H15N3O5. The van der Waals surface area contributed by atoms with Gasteiger partial charge in [0, 0.05) is 0 Å². The number of ether oxygens (including phenoxy) is 2. The van der Waals surface area contributed by atoms with Crippen LogP contribution in [0.5, 0.6) is 11.6 Å². The number of esters is 1. The highest BCUT2D eigenvalue weighted by Gasteiger charge is 2.15. The van der Waals surface area contributed by atoms with Crippen LogP contribution in [-0.4, -0.2) is 40.3 Å². The molecule has 8 nitrogen and oxygen atoms in total. The molecule has 2 aromatic rings. The van der Waals surface area contributed by atoms with E-state index in [0.29, 0.717) is 11.3 Å². The van der Waals surface area contributed by atoms with Gasteiger partial charge in [0.2, 0.25) is 5.88 Å². The van der Waals surface area contributed by atoms with Crippen LogP contribution in [0.3, 0.4) is 0 Å². The molecular weight excluding hydrogens is 290 g/mol. The molecule has 0 radical (unpaired) electrons. The average Bonchev–Trinajstić information content (AvgIpc) is 2.88. The third kappa shape index (κ3) is 3.35. The van der Waals surface area contributed by atoms with Crippen molar-refractivity contribution in [1.29, 1.82) is 0 Å². The van der Waals surface area contributed by atoms with E-state index in [1.807, 2.05) is 0 Å². The monoisotopic (exact) mass is 305 g/mol. The quantitative estimate of drug-likeness (QED) is 0.753. The Kier molecular flexibility index (Phi) is 4.62. The van der Waals surface area contributed by atoms with E-state index in [2.05, 4.69) is 9.72 Å². The van der Waals surface area contributed by atoms with Crippen molar-refractivity contribution in [3.8, 4) is 11.6 Å². The van der Waals surface area contributed by atoms with Gasteiger partial charge >= 0.3 is 5.97 Å². The Balaban J connectivity index is 1.94. The minimum absolute atomic E-state index is 0.0651. The van der Waals surface area contributed by atoms with Crippen LogP contribution < -0.4 is 10.5 Å². The molecule has 1 aromatic heterocycles. The summed E-state index contributed by atoms with van der Waals surface area (Å²) in [5.74, 6) is -1.04. The molecule has 2 rings (SSSR count). The van der Waals surface area contributed by atoms with Gasteiger partial charge in [-0.1, -0.05) is 0 Å². The molecule has 0 saturated heterocycles. The van der Waals surface area contributed by atoms with Gasteiger partial charge in [-0.3, -0.25) is 4.79 Å². The summed E-state index contributed by atoms with van der Waals surface area (Å²) in [6.07, 6.45) is 1.30. The van der Waals surface area contributed by atoms with E-state index in [4.69, 9.17) is 10.5 Å². The molecule has 116 valence electrons. The number of methoxy groups -OCH3 is 1. The predicted octanol–water partition coefficient (Wildman–Crippen LogP) is 0.553. The van der Waals surface area contributed by atoms with Crippen molar-refractivity contribution >= 4 is 11.9 Å². The van der Waals surface area contributed by atoms with Crippen LogP contribution in [-0.2, 0) is 11.3 Å². The van der Waals surface area contributed by atoms with Crippen molar-refractivity contribution in [1.82, 2.24) is 9.55 Å². The van der Waals surface area contributed by atoms with Gasteiger partial charge in [0.15, 0.2) is 5.69 Å². The molecule has 0 aliphatic heterocycles. The Hall–Kier alpha value is -3.03. The van der Waals surface area contributed by atoms with Crippen molar-refractivity contribution in [3.63, 3.8) is 0 Å². The molecule has 0 atom stereocenters. The molecule has 8 heteroatoms. The number of amides is 1. The summed E-state index contributed by atoms with van der Waals surface area (Å²) in [7, 11) is 1.31. The first-order valence-electron chi connectivity index (χ1n) is 6.38. The maximum absolute atomic E-state index is 11.3. The molecule has 1 aromatic carbocycles. The summed E-state index contributed by atoms with van der Waals surface area (Å²) in [6.45, 7) is 0.512. The number of imidazole rings is 1. The minimum atomic E-state index is -0.766. The second-order valence-corrected chi connectivity index (χ2v) is 4.34. The van der Waals surface area contributed by atoms with E-state index < -0.39 is 17.8 Å². The topological polar surface area (TPSA) is 117 Å². The van der Waals surface area contributed by atoms with Crippen molar-refractivity contribution in [2.75, 3.05) is 13.7 Å². The molecule has 22 heavy (non-hydrogen) atoms. The molecule has 3 N–H and O–H groups in total. The number of primary amides is 1. The molecule has 0 fully saturated rings. The number of hydrogen-bond acceptors (Lipinski definition) is 6. The van der Waals surface area contributed by atoms with E-state index in [1.165, 1.54) is 18.0 Å². The Morgan fingerprint density at radius 2 is 2.00 bits per heavy atom. The molecule has 0 unspecified atom stereocenters. The average molecular weight is 305 g/mol. The first-order chi connectivity index (χ1) is 10.5. The molecule has 1 amide bonds. The highest BCUT2D eigenvalue weighted by Crippen LogP contribution is 2.15. The highest BCUT2D eigenvalue weighted by atomic mass is 16.5. The number of carbonyl (C=O) groups is 2. The zero-order chi connectivity index (χ0) is 16.1. The van der Waals surface area contributed by atoms with E-state index >= 15 is 0 Å². The van der Waals surface area contributed by atoms with E-state index in [9.17, 15) is 14.7 Å². The van der Waals surface area contributed by atoms with Crippen LogP contribution in [0.25, 0.3) is 0 Å². The van der Waals surface area contributed by atoms with Gasteiger partial charge in [0.1, 0.15) is 12.4 Å². The predicted molar refractivity (Wildman–Crippen MR) is 75.7 cm³/mol. The lowest BCUT2D eigenvalue weighted by atomic mass is 10.2. The molecule has 0 saturated carbocycles. The van der Waals surface area contributed by atoms with Gasteiger partial charge in [-0.05, 0) is 24.3 Å². The second-order valence-electron chi connectivity index (χ2n) is 4.34. The lowest BCUT2D eigenvalue weighted by Crippen LogP contribution is -2.19.